The minimum Gasteiger partial charge on any atom is -0.489 e. The van der Waals surface area contributed by atoms with Crippen molar-refractivity contribution in [1.82, 2.24) is 0 Å². The summed E-state index contributed by atoms with van der Waals surface area (Å²) >= 11 is 10.3. The molecular formula is C14H11Br3FNO. The molecule has 0 atom stereocenters. The molecule has 1 N–H and O–H groups in total. The van der Waals surface area contributed by atoms with E-state index in [9.17, 15) is 4.39 Å². The van der Waals surface area contributed by atoms with Crippen molar-refractivity contribution in [3.05, 3.63) is 55.6 Å². The van der Waals surface area contributed by atoms with Crippen LogP contribution >= 0.6 is 47.8 Å². The highest BCUT2D eigenvalue weighted by Gasteiger charge is 2.07. The van der Waals surface area contributed by atoms with Gasteiger partial charge in [-0.15, -0.1) is 0 Å². The van der Waals surface area contributed by atoms with Gasteiger partial charge in [0.15, 0.2) is 0 Å². The number of hydrogen-bond donors (Lipinski definition) is 1. The van der Waals surface area contributed by atoms with Crippen LogP contribution in [0.3, 0.4) is 0 Å². The van der Waals surface area contributed by atoms with Gasteiger partial charge in [0.1, 0.15) is 18.2 Å². The van der Waals surface area contributed by atoms with Crippen molar-refractivity contribution in [2.24, 2.45) is 0 Å². The fourth-order valence-electron chi connectivity index (χ4n) is 1.61. The number of halogens is 4. The number of anilines is 1. The molecule has 0 spiro atoms. The predicted molar refractivity (Wildman–Crippen MR) is 89.9 cm³/mol. The monoisotopic (exact) mass is 465 g/mol. The molecule has 0 radical (unpaired) electrons. The van der Waals surface area contributed by atoms with E-state index < -0.39 is 0 Å². The van der Waals surface area contributed by atoms with Crippen LogP contribution < -0.4 is 10.1 Å². The Kier molecular flexibility index (Phi) is 5.86. The van der Waals surface area contributed by atoms with Crippen molar-refractivity contribution in [3.8, 4) is 5.75 Å². The highest BCUT2D eigenvalue weighted by molar-refractivity contribution is 9.11. The Morgan fingerprint density at radius 2 is 1.75 bits per heavy atom. The van der Waals surface area contributed by atoms with Gasteiger partial charge in [-0.25, -0.2) is 4.39 Å². The Morgan fingerprint density at radius 3 is 2.40 bits per heavy atom. The Hall–Kier alpha value is -0.590. The van der Waals surface area contributed by atoms with E-state index in [0.717, 1.165) is 24.9 Å². The topological polar surface area (TPSA) is 21.3 Å². The molecule has 0 saturated heterocycles. The molecule has 0 unspecified atom stereocenters. The lowest BCUT2D eigenvalue weighted by Crippen LogP contribution is -2.12. The summed E-state index contributed by atoms with van der Waals surface area (Å²) in [6.45, 7) is 1.05. The Balaban J connectivity index is 1.88. The standard InChI is InChI=1S/C14H11Br3FNO/c15-9-6-12(16)14(13(17)7-9)20-5-4-19-11-3-1-2-10(18)8-11/h1-3,6-8,19H,4-5H2. The first-order valence-electron chi connectivity index (χ1n) is 5.83. The molecule has 2 aromatic carbocycles. The Bertz CT molecular complexity index is 584. The van der Waals surface area contributed by atoms with Gasteiger partial charge in [-0.05, 0) is 62.2 Å². The molecule has 0 amide bonds. The lowest BCUT2D eigenvalue weighted by Gasteiger charge is -2.12. The van der Waals surface area contributed by atoms with Crippen LogP contribution in [0.15, 0.2) is 49.8 Å². The van der Waals surface area contributed by atoms with Crippen LogP contribution in [0.25, 0.3) is 0 Å². The normalized spacial score (nSPS) is 10.4. The molecule has 0 bridgehead atoms. The van der Waals surface area contributed by atoms with Gasteiger partial charge in [0.05, 0.1) is 8.95 Å². The summed E-state index contributed by atoms with van der Waals surface area (Å²) in [5.74, 6) is 0.489. The third-order valence-electron chi connectivity index (χ3n) is 2.47. The zero-order valence-electron chi connectivity index (χ0n) is 10.3. The summed E-state index contributed by atoms with van der Waals surface area (Å²) < 4.78 is 21.4. The second-order valence-electron chi connectivity index (χ2n) is 3.98. The lowest BCUT2D eigenvalue weighted by molar-refractivity contribution is 0.328. The summed E-state index contributed by atoms with van der Waals surface area (Å²) in [6, 6.07) is 10.2. The van der Waals surface area contributed by atoms with Crippen molar-refractivity contribution in [2.45, 2.75) is 0 Å². The summed E-state index contributed by atoms with van der Waals surface area (Å²) in [7, 11) is 0. The first kappa shape index (κ1) is 15.8. The smallest absolute Gasteiger partial charge is 0.147 e. The fourth-order valence-corrected chi connectivity index (χ4v) is 4.10. The molecule has 6 heteroatoms. The second-order valence-corrected chi connectivity index (χ2v) is 6.61. The van der Waals surface area contributed by atoms with Crippen LogP contribution in [0.5, 0.6) is 5.75 Å². The minimum absolute atomic E-state index is 0.255. The van der Waals surface area contributed by atoms with E-state index in [1.54, 1.807) is 6.07 Å². The van der Waals surface area contributed by atoms with Gasteiger partial charge in [-0.1, -0.05) is 22.0 Å². The van der Waals surface area contributed by atoms with Crippen LogP contribution in [0.4, 0.5) is 10.1 Å². The van der Waals surface area contributed by atoms with Gasteiger partial charge in [0.25, 0.3) is 0 Å². The zero-order valence-corrected chi connectivity index (χ0v) is 15.1. The Labute approximate surface area is 142 Å². The zero-order chi connectivity index (χ0) is 14.5. The SMILES string of the molecule is Fc1cccc(NCCOc2c(Br)cc(Br)cc2Br)c1. The summed E-state index contributed by atoms with van der Waals surface area (Å²) in [5.41, 5.74) is 0.738. The predicted octanol–water partition coefficient (Wildman–Crippen LogP) is 5.60. The molecule has 0 saturated carbocycles. The van der Waals surface area contributed by atoms with E-state index in [0.29, 0.717) is 13.2 Å². The average molecular weight is 468 g/mol. The first-order valence-corrected chi connectivity index (χ1v) is 8.21. The number of ether oxygens (including phenoxy) is 1. The number of hydrogen-bond acceptors (Lipinski definition) is 2. The summed E-state index contributed by atoms with van der Waals surface area (Å²) in [6.07, 6.45) is 0. The minimum atomic E-state index is -0.255. The Morgan fingerprint density at radius 1 is 1.05 bits per heavy atom. The number of rotatable bonds is 5. The van der Waals surface area contributed by atoms with E-state index in [2.05, 4.69) is 53.1 Å². The summed E-state index contributed by atoms with van der Waals surface area (Å²) in [5, 5.41) is 3.10. The van der Waals surface area contributed by atoms with Crippen molar-refractivity contribution in [1.29, 1.82) is 0 Å². The maximum Gasteiger partial charge on any atom is 0.147 e. The van der Waals surface area contributed by atoms with Crippen LogP contribution in [0.2, 0.25) is 0 Å². The molecule has 0 aliphatic carbocycles. The van der Waals surface area contributed by atoms with E-state index in [4.69, 9.17) is 4.74 Å². The molecule has 0 aliphatic heterocycles. The van der Waals surface area contributed by atoms with Crippen molar-refractivity contribution in [3.63, 3.8) is 0 Å². The lowest BCUT2D eigenvalue weighted by atomic mass is 10.3. The van der Waals surface area contributed by atoms with E-state index in [-0.39, 0.29) is 5.82 Å². The third kappa shape index (κ3) is 4.46. The van der Waals surface area contributed by atoms with Gasteiger partial charge >= 0.3 is 0 Å². The van der Waals surface area contributed by atoms with Crippen LogP contribution in [0, 0.1) is 5.82 Å². The molecule has 0 heterocycles. The van der Waals surface area contributed by atoms with Crippen molar-refractivity contribution in [2.75, 3.05) is 18.5 Å². The van der Waals surface area contributed by atoms with Gasteiger partial charge in [-0.3, -0.25) is 0 Å². The van der Waals surface area contributed by atoms with Crippen molar-refractivity contribution >= 4 is 53.5 Å². The molecular weight excluding hydrogens is 457 g/mol. The second kappa shape index (κ2) is 7.43. The van der Waals surface area contributed by atoms with E-state index in [1.165, 1.54) is 12.1 Å². The number of benzene rings is 2. The third-order valence-corrected chi connectivity index (χ3v) is 4.10. The highest BCUT2D eigenvalue weighted by atomic mass is 79.9. The van der Waals surface area contributed by atoms with Crippen LogP contribution in [-0.4, -0.2) is 13.2 Å². The molecule has 2 nitrogen and oxygen atoms in total. The maximum atomic E-state index is 13.0. The first-order chi connectivity index (χ1) is 9.56. The van der Waals surface area contributed by atoms with Crippen LogP contribution in [-0.2, 0) is 0 Å². The highest BCUT2D eigenvalue weighted by Crippen LogP contribution is 2.36. The summed E-state index contributed by atoms with van der Waals surface area (Å²) in [4.78, 5) is 0. The molecule has 20 heavy (non-hydrogen) atoms. The number of nitrogens with one attached hydrogen (secondary N) is 1. The molecule has 106 valence electrons. The molecule has 2 rings (SSSR count). The van der Waals surface area contributed by atoms with Gasteiger partial charge < -0.3 is 10.1 Å². The quantitative estimate of drug-likeness (QED) is 0.577. The van der Waals surface area contributed by atoms with Gasteiger partial charge in [0.2, 0.25) is 0 Å². The molecule has 0 aromatic heterocycles. The average Bonchev–Trinajstić information content (AvgIpc) is 2.36. The van der Waals surface area contributed by atoms with E-state index >= 15 is 0 Å². The van der Waals surface area contributed by atoms with Crippen molar-refractivity contribution < 1.29 is 9.13 Å². The molecule has 0 aliphatic rings. The van der Waals surface area contributed by atoms with Gasteiger partial charge in [-0.2, -0.15) is 0 Å². The van der Waals surface area contributed by atoms with Crippen LogP contribution in [0.1, 0.15) is 0 Å². The largest absolute Gasteiger partial charge is 0.489 e. The molecule has 0 fully saturated rings. The maximum absolute atomic E-state index is 13.0. The van der Waals surface area contributed by atoms with Gasteiger partial charge in [0, 0.05) is 16.7 Å². The fraction of sp³-hybridized carbons (Fsp3) is 0.143. The van der Waals surface area contributed by atoms with E-state index in [1.807, 2.05) is 18.2 Å². The molecule has 2 aromatic rings.